The van der Waals surface area contributed by atoms with Crippen molar-refractivity contribution in [2.45, 2.75) is 6.04 Å². The first-order valence-corrected chi connectivity index (χ1v) is 9.76. The summed E-state index contributed by atoms with van der Waals surface area (Å²) in [7, 11) is 2.08. The number of likely N-dealkylation sites (N-methyl/N-ethyl adjacent to an activating group) is 1. The Morgan fingerprint density at radius 2 is 1.63 bits per heavy atom. The second-order valence-corrected chi connectivity index (χ2v) is 7.88. The highest BCUT2D eigenvalue weighted by Gasteiger charge is 2.30. The average Bonchev–Trinajstić information content (AvgIpc) is 2.61. The standard InChI is InChI=1S/C19H21Cl3N4O/c1-25-5-7-26(8-6-25)18(13-3-2-4-14(20)9-13)19(27)24-23-17-11-15(21)10-16(22)12-17/h2-4,9-12,18,23H,5-8H2,1H3,(H,24,27). The minimum absolute atomic E-state index is 0.169. The molecule has 5 nitrogen and oxygen atoms in total. The summed E-state index contributed by atoms with van der Waals surface area (Å²) in [5.41, 5.74) is 7.15. The molecule has 1 heterocycles. The third kappa shape index (κ3) is 5.50. The Kier molecular flexibility index (Phi) is 6.84. The number of carbonyl (C=O) groups excluding carboxylic acids is 1. The van der Waals surface area contributed by atoms with Crippen molar-refractivity contribution in [1.82, 2.24) is 15.2 Å². The molecule has 1 aliphatic rings. The highest BCUT2D eigenvalue weighted by molar-refractivity contribution is 6.35. The molecule has 8 heteroatoms. The number of hydrogen-bond acceptors (Lipinski definition) is 4. The Morgan fingerprint density at radius 1 is 0.963 bits per heavy atom. The minimum atomic E-state index is -0.445. The first-order valence-electron chi connectivity index (χ1n) is 8.62. The molecule has 0 bridgehead atoms. The second kappa shape index (κ2) is 9.13. The van der Waals surface area contributed by atoms with Gasteiger partial charge in [0, 0.05) is 41.2 Å². The van der Waals surface area contributed by atoms with Crippen molar-refractivity contribution in [3.8, 4) is 0 Å². The molecule has 0 saturated carbocycles. The van der Waals surface area contributed by atoms with Crippen LogP contribution in [0.5, 0.6) is 0 Å². The van der Waals surface area contributed by atoms with Crippen LogP contribution in [0.3, 0.4) is 0 Å². The van der Waals surface area contributed by atoms with Gasteiger partial charge in [0.2, 0.25) is 0 Å². The third-order valence-electron chi connectivity index (χ3n) is 4.51. The summed E-state index contributed by atoms with van der Waals surface area (Å²) in [6.07, 6.45) is 0. The Hall–Kier alpha value is -1.50. The summed E-state index contributed by atoms with van der Waals surface area (Å²) >= 11 is 18.2. The van der Waals surface area contributed by atoms with Crippen LogP contribution >= 0.6 is 34.8 Å². The summed E-state index contributed by atoms with van der Waals surface area (Å²) < 4.78 is 0. The topological polar surface area (TPSA) is 47.6 Å². The number of rotatable bonds is 5. The number of carbonyl (C=O) groups is 1. The van der Waals surface area contributed by atoms with Gasteiger partial charge in [0.25, 0.3) is 5.91 Å². The van der Waals surface area contributed by atoms with Crippen molar-refractivity contribution in [1.29, 1.82) is 0 Å². The van der Waals surface area contributed by atoms with Crippen LogP contribution in [0, 0.1) is 0 Å². The van der Waals surface area contributed by atoms with Gasteiger partial charge in [-0.1, -0.05) is 46.9 Å². The molecule has 0 aromatic heterocycles. The number of anilines is 1. The number of amides is 1. The van der Waals surface area contributed by atoms with Gasteiger partial charge in [-0.05, 0) is 42.9 Å². The maximum Gasteiger partial charge on any atom is 0.260 e. The predicted octanol–water partition coefficient (Wildman–Crippen LogP) is 4.08. The maximum absolute atomic E-state index is 13.0. The lowest BCUT2D eigenvalue weighted by molar-refractivity contribution is -0.126. The quantitative estimate of drug-likeness (QED) is 0.706. The Balaban J connectivity index is 1.78. The monoisotopic (exact) mass is 426 g/mol. The fraction of sp³-hybridized carbons (Fsp3) is 0.316. The van der Waals surface area contributed by atoms with Crippen molar-refractivity contribution in [2.75, 3.05) is 38.7 Å². The van der Waals surface area contributed by atoms with Crippen molar-refractivity contribution >= 4 is 46.4 Å². The van der Waals surface area contributed by atoms with Gasteiger partial charge in [0.05, 0.1) is 5.69 Å². The van der Waals surface area contributed by atoms with Gasteiger partial charge in [0.1, 0.15) is 6.04 Å². The normalized spacial score (nSPS) is 16.7. The smallest absolute Gasteiger partial charge is 0.260 e. The zero-order valence-electron chi connectivity index (χ0n) is 14.9. The van der Waals surface area contributed by atoms with E-state index in [1.807, 2.05) is 18.2 Å². The number of nitrogens with zero attached hydrogens (tertiary/aromatic N) is 2. The van der Waals surface area contributed by atoms with Gasteiger partial charge in [-0.15, -0.1) is 0 Å². The van der Waals surface area contributed by atoms with Crippen LogP contribution < -0.4 is 10.9 Å². The largest absolute Gasteiger partial charge is 0.304 e. The van der Waals surface area contributed by atoms with E-state index in [0.29, 0.717) is 20.8 Å². The van der Waals surface area contributed by atoms with Crippen molar-refractivity contribution in [3.05, 3.63) is 63.1 Å². The number of halogens is 3. The van der Waals surface area contributed by atoms with Crippen molar-refractivity contribution in [2.24, 2.45) is 0 Å². The molecule has 27 heavy (non-hydrogen) atoms. The zero-order chi connectivity index (χ0) is 19.4. The van der Waals surface area contributed by atoms with E-state index in [4.69, 9.17) is 34.8 Å². The number of nitrogens with one attached hydrogen (secondary N) is 2. The second-order valence-electron chi connectivity index (χ2n) is 6.57. The third-order valence-corrected chi connectivity index (χ3v) is 5.18. The molecular weight excluding hydrogens is 407 g/mol. The molecular formula is C19H21Cl3N4O. The lowest BCUT2D eigenvalue weighted by atomic mass is 10.0. The van der Waals surface area contributed by atoms with Crippen LogP contribution in [0.1, 0.15) is 11.6 Å². The zero-order valence-corrected chi connectivity index (χ0v) is 17.2. The lowest BCUT2D eigenvalue weighted by Crippen LogP contribution is -2.50. The molecule has 1 amide bonds. The fourth-order valence-corrected chi connectivity index (χ4v) is 3.84. The van der Waals surface area contributed by atoms with E-state index in [9.17, 15) is 4.79 Å². The summed E-state index contributed by atoms with van der Waals surface area (Å²) in [5, 5.41) is 1.59. The molecule has 2 aromatic carbocycles. The summed E-state index contributed by atoms with van der Waals surface area (Å²) in [6.45, 7) is 3.40. The van der Waals surface area contributed by atoms with Crippen molar-refractivity contribution < 1.29 is 4.79 Å². The maximum atomic E-state index is 13.0. The predicted molar refractivity (Wildman–Crippen MR) is 111 cm³/mol. The van der Waals surface area contributed by atoms with E-state index in [-0.39, 0.29) is 5.91 Å². The van der Waals surface area contributed by atoms with Crippen LogP contribution in [0.15, 0.2) is 42.5 Å². The van der Waals surface area contributed by atoms with Gasteiger partial charge >= 0.3 is 0 Å². The number of piperazine rings is 1. The molecule has 1 atom stereocenters. The van der Waals surface area contributed by atoms with E-state index < -0.39 is 6.04 Å². The van der Waals surface area contributed by atoms with Crippen LogP contribution in [-0.4, -0.2) is 48.9 Å². The number of hydrazine groups is 1. The molecule has 1 aliphatic heterocycles. The molecule has 1 saturated heterocycles. The number of benzene rings is 2. The highest BCUT2D eigenvalue weighted by Crippen LogP contribution is 2.26. The van der Waals surface area contributed by atoms with Gasteiger partial charge in [-0.3, -0.25) is 20.5 Å². The molecule has 0 aliphatic carbocycles. The van der Waals surface area contributed by atoms with Gasteiger partial charge in [-0.2, -0.15) is 0 Å². The lowest BCUT2D eigenvalue weighted by Gasteiger charge is -2.37. The Labute approximate surface area is 174 Å². The first-order chi connectivity index (χ1) is 12.9. The molecule has 2 N–H and O–H groups in total. The minimum Gasteiger partial charge on any atom is -0.304 e. The molecule has 1 unspecified atom stereocenters. The summed E-state index contributed by atoms with van der Waals surface area (Å²) in [5.74, 6) is -0.169. The molecule has 0 spiro atoms. The fourth-order valence-electron chi connectivity index (χ4n) is 3.11. The van der Waals surface area contributed by atoms with Gasteiger partial charge in [0.15, 0.2) is 0 Å². The molecule has 144 valence electrons. The average molecular weight is 428 g/mol. The van der Waals surface area contributed by atoms with Crippen LogP contribution in [0.4, 0.5) is 5.69 Å². The summed E-state index contributed by atoms with van der Waals surface area (Å²) in [4.78, 5) is 17.4. The Bertz CT molecular complexity index is 789. The molecule has 3 rings (SSSR count). The number of hydrogen-bond donors (Lipinski definition) is 2. The van der Waals surface area contributed by atoms with E-state index in [1.165, 1.54) is 0 Å². The van der Waals surface area contributed by atoms with E-state index in [2.05, 4.69) is 27.7 Å². The first kappa shape index (κ1) is 20.2. The van der Waals surface area contributed by atoms with E-state index in [1.54, 1.807) is 24.3 Å². The van der Waals surface area contributed by atoms with Crippen LogP contribution in [0.25, 0.3) is 0 Å². The Morgan fingerprint density at radius 3 is 2.26 bits per heavy atom. The molecule has 2 aromatic rings. The highest BCUT2D eigenvalue weighted by atomic mass is 35.5. The molecule has 0 radical (unpaired) electrons. The van der Waals surface area contributed by atoms with Crippen LogP contribution in [-0.2, 0) is 4.79 Å². The SMILES string of the molecule is CN1CCN(C(C(=O)NNc2cc(Cl)cc(Cl)c2)c2cccc(Cl)c2)CC1. The molecule has 1 fully saturated rings. The van der Waals surface area contributed by atoms with Gasteiger partial charge < -0.3 is 4.90 Å². The van der Waals surface area contributed by atoms with Crippen molar-refractivity contribution in [3.63, 3.8) is 0 Å². The van der Waals surface area contributed by atoms with E-state index >= 15 is 0 Å². The van der Waals surface area contributed by atoms with Crippen LogP contribution in [0.2, 0.25) is 15.1 Å². The summed E-state index contributed by atoms with van der Waals surface area (Å²) in [6, 6.07) is 12.0. The van der Waals surface area contributed by atoms with Gasteiger partial charge in [-0.25, -0.2) is 0 Å². The van der Waals surface area contributed by atoms with E-state index in [0.717, 1.165) is 31.7 Å².